The van der Waals surface area contributed by atoms with Crippen LogP contribution in [0, 0.1) is 0 Å². The third kappa shape index (κ3) is 2.47. The molecular weight excluding hydrogens is 164 g/mol. The summed E-state index contributed by atoms with van der Waals surface area (Å²) in [6.07, 6.45) is 5.18. The summed E-state index contributed by atoms with van der Waals surface area (Å²) in [6.45, 7) is 7.27. The minimum absolute atomic E-state index is 0.175. The van der Waals surface area contributed by atoms with Gasteiger partial charge in [0.05, 0.1) is 0 Å². The Kier molecular flexibility index (Phi) is 3.80. The SMILES string of the molecule is CCN(CC)C(=O)N1CC=CCC1. The standard InChI is InChI=1S/C10H18N2O/c1-3-11(4-2)10(13)12-8-6-5-7-9-12/h5-6H,3-4,7-9H2,1-2H3. The van der Waals surface area contributed by atoms with E-state index >= 15 is 0 Å². The number of hydrogen-bond acceptors (Lipinski definition) is 1. The molecule has 0 radical (unpaired) electrons. The van der Waals surface area contributed by atoms with Crippen LogP contribution >= 0.6 is 0 Å². The van der Waals surface area contributed by atoms with Crippen LogP contribution in [0.4, 0.5) is 4.79 Å². The molecule has 0 N–H and O–H groups in total. The molecule has 0 spiro atoms. The monoisotopic (exact) mass is 182 g/mol. The summed E-state index contributed by atoms with van der Waals surface area (Å²) < 4.78 is 0. The van der Waals surface area contributed by atoms with Gasteiger partial charge in [-0.2, -0.15) is 0 Å². The zero-order chi connectivity index (χ0) is 9.68. The van der Waals surface area contributed by atoms with Gasteiger partial charge in [-0.05, 0) is 20.3 Å². The largest absolute Gasteiger partial charge is 0.325 e. The molecule has 1 aliphatic heterocycles. The van der Waals surface area contributed by atoms with E-state index < -0.39 is 0 Å². The molecular formula is C10H18N2O. The van der Waals surface area contributed by atoms with E-state index in [1.54, 1.807) is 0 Å². The lowest BCUT2D eigenvalue weighted by molar-refractivity contribution is 0.161. The van der Waals surface area contributed by atoms with Crippen LogP contribution in [0.2, 0.25) is 0 Å². The Balaban J connectivity index is 2.50. The maximum atomic E-state index is 11.8. The van der Waals surface area contributed by atoms with Crippen molar-refractivity contribution in [2.45, 2.75) is 20.3 Å². The second-order valence-electron chi connectivity index (χ2n) is 3.16. The van der Waals surface area contributed by atoms with Crippen LogP contribution in [0.5, 0.6) is 0 Å². The Labute approximate surface area is 80.0 Å². The Hall–Kier alpha value is -0.990. The van der Waals surface area contributed by atoms with Crippen molar-refractivity contribution in [2.24, 2.45) is 0 Å². The molecule has 0 bridgehead atoms. The molecule has 74 valence electrons. The maximum absolute atomic E-state index is 11.8. The van der Waals surface area contributed by atoms with Crippen LogP contribution in [-0.2, 0) is 0 Å². The normalized spacial score (nSPS) is 16.0. The summed E-state index contributed by atoms with van der Waals surface area (Å²) in [5, 5.41) is 0. The molecule has 0 aromatic carbocycles. The summed E-state index contributed by atoms with van der Waals surface area (Å²) >= 11 is 0. The first-order chi connectivity index (χ1) is 6.29. The van der Waals surface area contributed by atoms with E-state index in [1.165, 1.54) is 0 Å². The van der Waals surface area contributed by atoms with Gasteiger partial charge in [0.2, 0.25) is 0 Å². The first-order valence-corrected chi connectivity index (χ1v) is 4.98. The molecule has 2 amide bonds. The third-order valence-electron chi connectivity index (χ3n) is 2.36. The van der Waals surface area contributed by atoms with Gasteiger partial charge >= 0.3 is 6.03 Å². The quantitative estimate of drug-likeness (QED) is 0.596. The summed E-state index contributed by atoms with van der Waals surface area (Å²) in [7, 11) is 0. The highest BCUT2D eigenvalue weighted by Crippen LogP contribution is 2.05. The minimum atomic E-state index is 0.175. The number of hydrogen-bond donors (Lipinski definition) is 0. The Morgan fingerprint density at radius 1 is 1.38 bits per heavy atom. The lowest BCUT2D eigenvalue weighted by atomic mass is 10.2. The molecule has 1 heterocycles. The van der Waals surface area contributed by atoms with E-state index in [4.69, 9.17) is 0 Å². The van der Waals surface area contributed by atoms with Gasteiger partial charge in [-0.3, -0.25) is 0 Å². The molecule has 0 atom stereocenters. The number of amides is 2. The molecule has 3 heteroatoms. The molecule has 1 aliphatic rings. The number of urea groups is 1. The van der Waals surface area contributed by atoms with E-state index in [9.17, 15) is 4.79 Å². The lowest BCUT2D eigenvalue weighted by Crippen LogP contribution is -2.44. The molecule has 0 saturated heterocycles. The minimum Gasteiger partial charge on any atom is -0.325 e. The Morgan fingerprint density at radius 3 is 2.54 bits per heavy atom. The fourth-order valence-corrected chi connectivity index (χ4v) is 1.51. The van der Waals surface area contributed by atoms with E-state index in [1.807, 2.05) is 23.6 Å². The first kappa shape index (κ1) is 10.1. The molecule has 0 aromatic rings. The van der Waals surface area contributed by atoms with Crippen molar-refractivity contribution in [3.05, 3.63) is 12.2 Å². The van der Waals surface area contributed by atoms with Crippen LogP contribution in [0.3, 0.4) is 0 Å². The number of rotatable bonds is 2. The fourth-order valence-electron chi connectivity index (χ4n) is 1.51. The van der Waals surface area contributed by atoms with E-state index in [2.05, 4.69) is 12.2 Å². The second kappa shape index (κ2) is 4.90. The van der Waals surface area contributed by atoms with Crippen LogP contribution in [0.25, 0.3) is 0 Å². The van der Waals surface area contributed by atoms with Crippen molar-refractivity contribution in [1.29, 1.82) is 0 Å². The van der Waals surface area contributed by atoms with Crippen molar-refractivity contribution in [3.63, 3.8) is 0 Å². The Morgan fingerprint density at radius 2 is 2.08 bits per heavy atom. The highest BCUT2D eigenvalue weighted by atomic mass is 16.2. The topological polar surface area (TPSA) is 23.6 Å². The van der Waals surface area contributed by atoms with Gasteiger partial charge in [0.25, 0.3) is 0 Å². The van der Waals surface area contributed by atoms with Crippen molar-refractivity contribution in [2.75, 3.05) is 26.2 Å². The smallest absolute Gasteiger partial charge is 0.320 e. The summed E-state index contributed by atoms with van der Waals surface area (Å²) in [4.78, 5) is 15.5. The average molecular weight is 182 g/mol. The molecule has 13 heavy (non-hydrogen) atoms. The molecule has 1 rings (SSSR count). The van der Waals surface area contributed by atoms with Gasteiger partial charge in [0, 0.05) is 26.2 Å². The van der Waals surface area contributed by atoms with E-state index in [0.717, 1.165) is 32.6 Å². The third-order valence-corrected chi connectivity index (χ3v) is 2.36. The molecule has 0 unspecified atom stereocenters. The van der Waals surface area contributed by atoms with Crippen LogP contribution in [0.15, 0.2) is 12.2 Å². The molecule has 0 aliphatic carbocycles. The summed E-state index contributed by atoms with van der Waals surface area (Å²) in [5.41, 5.74) is 0. The van der Waals surface area contributed by atoms with Gasteiger partial charge in [0.1, 0.15) is 0 Å². The van der Waals surface area contributed by atoms with Crippen LogP contribution in [0.1, 0.15) is 20.3 Å². The Bertz CT molecular complexity index is 197. The number of carbonyl (C=O) groups is 1. The van der Waals surface area contributed by atoms with E-state index in [-0.39, 0.29) is 6.03 Å². The van der Waals surface area contributed by atoms with E-state index in [0.29, 0.717) is 0 Å². The zero-order valence-electron chi connectivity index (χ0n) is 8.49. The fraction of sp³-hybridized carbons (Fsp3) is 0.700. The van der Waals surface area contributed by atoms with Crippen molar-refractivity contribution < 1.29 is 4.79 Å². The van der Waals surface area contributed by atoms with Gasteiger partial charge < -0.3 is 9.80 Å². The summed E-state index contributed by atoms with van der Waals surface area (Å²) in [6, 6.07) is 0.175. The number of nitrogens with zero attached hydrogens (tertiary/aromatic N) is 2. The molecule has 0 saturated carbocycles. The maximum Gasteiger partial charge on any atom is 0.320 e. The highest BCUT2D eigenvalue weighted by molar-refractivity contribution is 5.74. The van der Waals surface area contributed by atoms with Gasteiger partial charge in [0.15, 0.2) is 0 Å². The predicted octanol–water partition coefficient (Wildman–Crippen LogP) is 1.71. The van der Waals surface area contributed by atoms with Gasteiger partial charge in [-0.15, -0.1) is 0 Å². The van der Waals surface area contributed by atoms with Crippen LogP contribution < -0.4 is 0 Å². The predicted molar refractivity (Wildman–Crippen MR) is 53.6 cm³/mol. The van der Waals surface area contributed by atoms with Crippen molar-refractivity contribution >= 4 is 6.03 Å². The van der Waals surface area contributed by atoms with Gasteiger partial charge in [-0.25, -0.2) is 4.79 Å². The van der Waals surface area contributed by atoms with Crippen molar-refractivity contribution in [3.8, 4) is 0 Å². The zero-order valence-corrected chi connectivity index (χ0v) is 8.49. The van der Waals surface area contributed by atoms with Gasteiger partial charge in [-0.1, -0.05) is 12.2 Å². The summed E-state index contributed by atoms with van der Waals surface area (Å²) in [5.74, 6) is 0. The highest BCUT2D eigenvalue weighted by Gasteiger charge is 2.17. The first-order valence-electron chi connectivity index (χ1n) is 4.98. The second-order valence-corrected chi connectivity index (χ2v) is 3.16. The molecule has 0 aromatic heterocycles. The lowest BCUT2D eigenvalue weighted by Gasteiger charge is -2.29. The van der Waals surface area contributed by atoms with Crippen LogP contribution in [-0.4, -0.2) is 42.0 Å². The molecule has 3 nitrogen and oxygen atoms in total. The number of carbonyl (C=O) groups excluding carboxylic acids is 1. The van der Waals surface area contributed by atoms with Crippen molar-refractivity contribution in [1.82, 2.24) is 9.80 Å². The molecule has 0 fully saturated rings. The average Bonchev–Trinajstić information content (AvgIpc) is 2.21.